The van der Waals surface area contributed by atoms with Gasteiger partial charge in [-0.15, -0.1) is 0 Å². The molecule has 1 heteroatoms. The molecule has 2 aliphatic rings. The van der Waals surface area contributed by atoms with Crippen LogP contribution in [0.15, 0.2) is 44.2 Å². The molecule has 68 valence electrons. The van der Waals surface area contributed by atoms with Crippen LogP contribution in [0.2, 0.25) is 10.5 Å². The van der Waals surface area contributed by atoms with Gasteiger partial charge in [-0.2, -0.15) is 0 Å². The van der Waals surface area contributed by atoms with Gasteiger partial charge in [0.15, 0.2) is 0 Å². The van der Waals surface area contributed by atoms with E-state index in [1.165, 1.54) is 12.8 Å². The van der Waals surface area contributed by atoms with E-state index in [1.807, 2.05) is 0 Å². The summed E-state index contributed by atoms with van der Waals surface area (Å²) in [7, 11) is 0. The summed E-state index contributed by atoms with van der Waals surface area (Å²) in [6.07, 6.45) is 16.1. The average Bonchev–Trinajstić information content (AvgIpc) is 2.78. The molecule has 0 spiro atoms. The molecule has 0 aromatic heterocycles. The second-order valence-electron chi connectivity index (χ2n) is 4.27. The van der Waals surface area contributed by atoms with Crippen LogP contribution in [0.3, 0.4) is 0 Å². The maximum absolute atomic E-state index is 2.51. The van der Waals surface area contributed by atoms with Crippen molar-refractivity contribution in [3.63, 3.8) is 0 Å². The fourth-order valence-electron chi connectivity index (χ4n) is 2.03. The minimum atomic E-state index is -1.76. The van der Waals surface area contributed by atoms with E-state index in [9.17, 15) is 0 Å². The molecule has 0 heterocycles. The molecule has 0 amide bonds. The molecule has 0 aromatic rings. The van der Waals surface area contributed by atoms with Crippen LogP contribution in [-0.2, 0) is 16.6 Å². The predicted octanol–water partition coefficient (Wildman–Crippen LogP) is 3.92. The summed E-state index contributed by atoms with van der Waals surface area (Å²) in [6, 6.07) is 0. The van der Waals surface area contributed by atoms with Crippen LogP contribution < -0.4 is 0 Å². The quantitative estimate of drug-likeness (QED) is 0.603. The van der Waals surface area contributed by atoms with Crippen LogP contribution >= 0.6 is 0 Å². The van der Waals surface area contributed by atoms with Crippen molar-refractivity contribution in [3.05, 3.63) is 44.2 Å². The Morgan fingerprint density at radius 1 is 0.923 bits per heavy atom. The molecule has 0 nitrogen and oxygen atoms in total. The Hall–Kier alpha value is -0.326. The van der Waals surface area contributed by atoms with E-state index in [2.05, 4.69) is 46.9 Å². The van der Waals surface area contributed by atoms with Crippen molar-refractivity contribution in [1.29, 1.82) is 0 Å². The molecule has 0 atom stereocenters. The van der Waals surface area contributed by atoms with E-state index in [-0.39, 0.29) is 0 Å². The Balaban J connectivity index is 2.20. The van der Waals surface area contributed by atoms with Crippen molar-refractivity contribution in [2.45, 2.75) is 23.3 Å². The van der Waals surface area contributed by atoms with Crippen LogP contribution in [0.25, 0.3) is 0 Å². The Bertz CT molecular complexity index is 295. The van der Waals surface area contributed by atoms with Crippen molar-refractivity contribution >= 4 is 0 Å². The first kappa shape index (κ1) is 9.24. The molecule has 0 saturated carbocycles. The van der Waals surface area contributed by atoms with Crippen molar-refractivity contribution in [2.24, 2.45) is 0 Å². The van der Waals surface area contributed by atoms with Gasteiger partial charge in [0.1, 0.15) is 0 Å². The number of rotatable bonds is 2. The Morgan fingerprint density at radius 2 is 1.38 bits per heavy atom. The van der Waals surface area contributed by atoms with Crippen molar-refractivity contribution in [2.75, 3.05) is 0 Å². The van der Waals surface area contributed by atoms with E-state index in [4.69, 9.17) is 0 Å². The van der Waals surface area contributed by atoms with Crippen LogP contribution in [0.1, 0.15) is 12.8 Å². The summed E-state index contributed by atoms with van der Waals surface area (Å²) in [4.78, 5) is 0. The molecule has 2 aliphatic carbocycles. The van der Waals surface area contributed by atoms with E-state index in [0.717, 1.165) is 0 Å². The van der Waals surface area contributed by atoms with Crippen LogP contribution in [0, 0.1) is 0 Å². The molecule has 0 bridgehead atoms. The molecule has 0 aromatic carbocycles. The minimum absolute atomic E-state index is 1.21. The number of hydrogen-bond donors (Lipinski definition) is 0. The van der Waals surface area contributed by atoms with Gasteiger partial charge in [-0.1, -0.05) is 0 Å². The van der Waals surface area contributed by atoms with Crippen LogP contribution in [0.4, 0.5) is 0 Å². The predicted molar refractivity (Wildman–Crippen MR) is 55.4 cm³/mol. The van der Waals surface area contributed by atoms with Gasteiger partial charge in [0.2, 0.25) is 0 Å². The standard InChI is InChI=1S/2C5H5.2CH3.Ti/c2*1-2-4-5-3-1;;;/h2*1-3H,4H2;2*1H3;. The van der Waals surface area contributed by atoms with E-state index >= 15 is 0 Å². The summed E-state index contributed by atoms with van der Waals surface area (Å²) in [5.74, 6) is 0. The summed E-state index contributed by atoms with van der Waals surface area (Å²) in [5.41, 5.74) is 0. The van der Waals surface area contributed by atoms with E-state index < -0.39 is 16.6 Å². The van der Waals surface area contributed by atoms with Gasteiger partial charge in [0.05, 0.1) is 0 Å². The van der Waals surface area contributed by atoms with Gasteiger partial charge in [-0.25, -0.2) is 0 Å². The van der Waals surface area contributed by atoms with Crippen molar-refractivity contribution < 1.29 is 16.6 Å². The van der Waals surface area contributed by atoms with Gasteiger partial charge < -0.3 is 0 Å². The molecule has 0 N–H and O–H groups in total. The third kappa shape index (κ3) is 1.66. The van der Waals surface area contributed by atoms with Gasteiger partial charge in [0.25, 0.3) is 0 Å². The molecule has 2 rings (SSSR count). The third-order valence-corrected chi connectivity index (χ3v) is 9.32. The number of allylic oxidation sites excluding steroid dienone is 8. The van der Waals surface area contributed by atoms with E-state index in [0.29, 0.717) is 0 Å². The van der Waals surface area contributed by atoms with Crippen LogP contribution in [-0.4, -0.2) is 0 Å². The monoisotopic (exact) mass is 208 g/mol. The number of hydrogen-bond acceptors (Lipinski definition) is 0. The molecule has 13 heavy (non-hydrogen) atoms. The average molecular weight is 208 g/mol. The first-order valence-corrected chi connectivity index (χ1v) is 9.62. The molecular weight excluding hydrogens is 192 g/mol. The van der Waals surface area contributed by atoms with E-state index in [1.54, 1.807) is 7.76 Å². The fraction of sp³-hybridized carbons (Fsp3) is 0.333. The third-order valence-electron chi connectivity index (χ3n) is 3.15. The zero-order chi connectivity index (χ0) is 9.31. The van der Waals surface area contributed by atoms with Crippen molar-refractivity contribution in [3.8, 4) is 0 Å². The normalized spacial score (nSPS) is 20.8. The molecule has 0 fully saturated rings. The van der Waals surface area contributed by atoms with Crippen molar-refractivity contribution in [1.82, 2.24) is 0 Å². The Labute approximate surface area is 84.1 Å². The van der Waals surface area contributed by atoms with Crippen LogP contribution in [0.5, 0.6) is 0 Å². The SMILES string of the molecule is [CH3][Ti]([CH3])([C]1=CC=CC1)[C]1=CC=CC1. The second kappa shape index (κ2) is 3.44. The molecule has 0 saturated heterocycles. The summed E-state index contributed by atoms with van der Waals surface area (Å²) in [6.45, 7) is 0. The Kier molecular flexibility index (Phi) is 2.44. The molecule has 0 radical (unpaired) electrons. The van der Waals surface area contributed by atoms with Gasteiger partial charge >= 0.3 is 84.1 Å². The maximum atomic E-state index is 2.51. The first-order chi connectivity index (χ1) is 6.21. The summed E-state index contributed by atoms with van der Waals surface area (Å²) >= 11 is -1.76. The zero-order valence-corrected chi connectivity index (χ0v) is 9.94. The summed E-state index contributed by atoms with van der Waals surface area (Å²) < 4.78 is 3.46. The van der Waals surface area contributed by atoms with Gasteiger partial charge in [-0.05, 0) is 0 Å². The first-order valence-electron chi connectivity index (χ1n) is 4.93. The summed E-state index contributed by atoms with van der Waals surface area (Å²) in [5, 5.41) is 5.02. The Morgan fingerprint density at radius 3 is 1.69 bits per heavy atom. The fourth-order valence-corrected chi connectivity index (χ4v) is 6.24. The van der Waals surface area contributed by atoms with Gasteiger partial charge in [0, 0.05) is 0 Å². The van der Waals surface area contributed by atoms with Gasteiger partial charge in [-0.3, -0.25) is 0 Å². The molecule has 0 unspecified atom stereocenters. The second-order valence-corrected chi connectivity index (χ2v) is 11.4. The molecule has 0 aliphatic heterocycles. The zero-order valence-electron chi connectivity index (χ0n) is 8.38. The molecular formula is C12H16Ti. The topological polar surface area (TPSA) is 0 Å².